The number of carbonyl (C=O) groups excluding carboxylic acids is 2. The zero-order valence-corrected chi connectivity index (χ0v) is 20.1. The third kappa shape index (κ3) is 4.62. The number of para-hydroxylation sites is 1. The molecule has 178 valence electrons. The molecular weight excluding hydrogens is 440 g/mol. The van der Waals surface area contributed by atoms with Crippen LogP contribution in [0.25, 0.3) is 11.0 Å². The molecule has 2 amide bonds. The van der Waals surface area contributed by atoms with Crippen molar-refractivity contribution in [2.45, 2.75) is 32.9 Å². The number of rotatable bonds is 6. The summed E-state index contributed by atoms with van der Waals surface area (Å²) in [7, 11) is 1.79. The van der Waals surface area contributed by atoms with Gasteiger partial charge in [-0.1, -0.05) is 48.5 Å². The molecule has 1 aliphatic rings. The highest BCUT2D eigenvalue weighted by molar-refractivity contribution is 6.07. The lowest BCUT2D eigenvalue weighted by Crippen LogP contribution is -2.36. The van der Waals surface area contributed by atoms with Crippen molar-refractivity contribution in [3.63, 3.8) is 0 Å². The second-order valence-corrected chi connectivity index (χ2v) is 9.04. The number of anilines is 1. The van der Waals surface area contributed by atoms with Gasteiger partial charge in [0.05, 0.1) is 23.1 Å². The van der Waals surface area contributed by atoms with E-state index in [2.05, 4.69) is 28.1 Å². The normalized spacial score (nSPS) is 14.4. The molecule has 0 saturated heterocycles. The Morgan fingerprint density at radius 2 is 1.86 bits per heavy atom. The maximum atomic E-state index is 13.8. The molecule has 0 saturated carbocycles. The van der Waals surface area contributed by atoms with Gasteiger partial charge in [0.1, 0.15) is 17.7 Å². The van der Waals surface area contributed by atoms with Crippen LogP contribution in [0.15, 0.2) is 66.7 Å². The molecule has 0 aliphatic carbocycles. The third-order valence-corrected chi connectivity index (χ3v) is 6.30. The summed E-state index contributed by atoms with van der Waals surface area (Å²) in [6.45, 7) is 4.42. The number of imidazole rings is 1. The van der Waals surface area contributed by atoms with Crippen molar-refractivity contribution in [3.05, 3.63) is 89.2 Å². The van der Waals surface area contributed by atoms with Crippen LogP contribution < -0.4 is 10.1 Å². The average molecular weight is 469 g/mol. The molecular formula is C28H28N4O3. The van der Waals surface area contributed by atoms with Crippen LogP contribution in [0.4, 0.5) is 5.69 Å². The molecule has 0 radical (unpaired) electrons. The first-order valence-electron chi connectivity index (χ1n) is 11.7. The molecule has 0 fully saturated rings. The molecule has 1 N–H and O–H groups in total. The Balaban J connectivity index is 1.50. The van der Waals surface area contributed by atoms with Gasteiger partial charge in [0.25, 0.3) is 5.91 Å². The van der Waals surface area contributed by atoms with Gasteiger partial charge in [0.15, 0.2) is 0 Å². The van der Waals surface area contributed by atoms with Gasteiger partial charge in [-0.2, -0.15) is 0 Å². The minimum atomic E-state index is -0.200. The van der Waals surface area contributed by atoms with Gasteiger partial charge in [-0.05, 0) is 36.2 Å². The van der Waals surface area contributed by atoms with E-state index in [1.54, 1.807) is 18.0 Å². The van der Waals surface area contributed by atoms with E-state index >= 15 is 0 Å². The smallest absolute Gasteiger partial charge is 0.256 e. The number of likely N-dealkylation sites (N-methyl/N-ethyl adjacent to an activating group) is 1. The summed E-state index contributed by atoms with van der Waals surface area (Å²) in [5, 5.41) is 2.81. The number of ether oxygens (including phenoxy) is 1. The largest absolute Gasteiger partial charge is 0.488 e. The number of aryl methyl sites for hydroxylation is 1. The zero-order valence-electron chi connectivity index (χ0n) is 20.1. The van der Waals surface area contributed by atoms with Gasteiger partial charge < -0.3 is 19.5 Å². The molecule has 3 aromatic carbocycles. The van der Waals surface area contributed by atoms with Crippen molar-refractivity contribution in [2.24, 2.45) is 0 Å². The van der Waals surface area contributed by atoms with Crippen molar-refractivity contribution >= 4 is 28.5 Å². The predicted octanol–water partition coefficient (Wildman–Crippen LogP) is 4.43. The van der Waals surface area contributed by atoms with Crippen LogP contribution in [0.3, 0.4) is 0 Å². The van der Waals surface area contributed by atoms with Crippen LogP contribution in [0.1, 0.15) is 34.2 Å². The van der Waals surface area contributed by atoms with Crippen LogP contribution >= 0.6 is 0 Å². The predicted molar refractivity (Wildman–Crippen MR) is 136 cm³/mol. The van der Waals surface area contributed by atoms with Crippen LogP contribution in [0.5, 0.6) is 5.75 Å². The highest BCUT2D eigenvalue weighted by atomic mass is 16.5. The third-order valence-electron chi connectivity index (χ3n) is 6.30. The quantitative estimate of drug-likeness (QED) is 0.454. The van der Waals surface area contributed by atoms with E-state index in [0.717, 1.165) is 34.6 Å². The summed E-state index contributed by atoms with van der Waals surface area (Å²) < 4.78 is 8.13. The summed E-state index contributed by atoms with van der Waals surface area (Å²) in [5.41, 5.74) is 4.75. The maximum Gasteiger partial charge on any atom is 0.256 e. The van der Waals surface area contributed by atoms with E-state index in [9.17, 15) is 9.59 Å². The van der Waals surface area contributed by atoms with E-state index in [4.69, 9.17) is 9.72 Å². The second kappa shape index (κ2) is 9.25. The van der Waals surface area contributed by atoms with Crippen molar-refractivity contribution in [1.82, 2.24) is 14.5 Å². The Bertz CT molecular complexity index is 1390. The standard InChI is InChI=1S/C28H28N4O3/c1-18-29-25-15-22(30-19(2)33)14-24(27(25)32(18)16-20-9-5-4-6-10-20)28(34)31(3)17-23-13-21-11-7-8-12-26(21)35-23/h4-12,14-15,23H,13,16-17H2,1-3H3,(H,30,33). The molecule has 35 heavy (non-hydrogen) atoms. The van der Waals surface area contributed by atoms with Crippen LogP contribution in [0.2, 0.25) is 0 Å². The summed E-state index contributed by atoms with van der Waals surface area (Å²) in [6.07, 6.45) is 0.659. The fourth-order valence-electron chi connectivity index (χ4n) is 4.73. The first-order valence-corrected chi connectivity index (χ1v) is 11.7. The highest BCUT2D eigenvalue weighted by Gasteiger charge is 2.27. The van der Waals surface area contributed by atoms with Crippen molar-refractivity contribution in [2.75, 3.05) is 18.9 Å². The molecule has 1 unspecified atom stereocenters. The van der Waals surface area contributed by atoms with Crippen LogP contribution in [0, 0.1) is 6.92 Å². The monoisotopic (exact) mass is 468 g/mol. The van der Waals surface area contributed by atoms with Gasteiger partial charge >= 0.3 is 0 Å². The first kappa shape index (κ1) is 22.7. The minimum absolute atomic E-state index is 0.105. The van der Waals surface area contributed by atoms with Crippen LogP contribution in [-0.4, -0.2) is 46.0 Å². The first-order chi connectivity index (χ1) is 16.9. The summed E-state index contributed by atoms with van der Waals surface area (Å²) in [6, 6.07) is 21.6. The Morgan fingerprint density at radius 1 is 1.11 bits per heavy atom. The Labute approximate surface area is 204 Å². The number of hydrogen-bond donors (Lipinski definition) is 1. The summed E-state index contributed by atoms with van der Waals surface area (Å²) in [4.78, 5) is 32.0. The number of carbonyl (C=O) groups is 2. The zero-order chi connectivity index (χ0) is 24.5. The highest BCUT2D eigenvalue weighted by Crippen LogP contribution is 2.30. The molecule has 5 rings (SSSR count). The molecule has 1 aliphatic heterocycles. The fraction of sp³-hybridized carbons (Fsp3) is 0.250. The molecule has 7 heteroatoms. The number of aromatic nitrogens is 2. The van der Waals surface area contributed by atoms with Gasteiger partial charge in [-0.3, -0.25) is 9.59 Å². The molecule has 1 atom stereocenters. The van der Waals surface area contributed by atoms with Gasteiger partial charge in [0, 0.05) is 32.6 Å². The van der Waals surface area contributed by atoms with Gasteiger partial charge in [0.2, 0.25) is 5.91 Å². The minimum Gasteiger partial charge on any atom is -0.488 e. The van der Waals surface area contributed by atoms with Gasteiger partial charge in [-0.15, -0.1) is 0 Å². The van der Waals surface area contributed by atoms with Crippen molar-refractivity contribution in [3.8, 4) is 5.75 Å². The van der Waals surface area contributed by atoms with Gasteiger partial charge in [-0.25, -0.2) is 4.98 Å². The van der Waals surface area contributed by atoms with E-state index in [0.29, 0.717) is 29.9 Å². The van der Waals surface area contributed by atoms with Crippen molar-refractivity contribution in [1.29, 1.82) is 0 Å². The lowest BCUT2D eigenvalue weighted by molar-refractivity contribution is -0.114. The average Bonchev–Trinajstić information content (AvgIpc) is 3.38. The molecule has 1 aromatic heterocycles. The molecule has 0 spiro atoms. The molecule has 4 aromatic rings. The van der Waals surface area contributed by atoms with Crippen molar-refractivity contribution < 1.29 is 14.3 Å². The van der Waals surface area contributed by atoms with Crippen LogP contribution in [-0.2, 0) is 17.8 Å². The number of nitrogens with zero attached hydrogens (tertiary/aromatic N) is 3. The number of amides is 2. The number of fused-ring (bicyclic) bond motifs is 2. The molecule has 2 heterocycles. The SMILES string of the molecule is CC(=O)Nc1cc(C(=O)N(C)CC2Cc3ccccc3O2)c2c(c1)nc(C)n2Cc1ccccc1. The van der Waals surface area contributed by atoms with E-state index < -0.39 is 0 Å². The summed E-state index contributed by atoms with van der Waals surface area (Å²) >= 11 is 0. The molecule has 0 bridgehead atoms. The Hall–Kier alpha value is -4.13. The number of nitrogens with one attached hydrogen (secondary N) is 1. The Morgan fingerprint density at radius 3 is 2.60 bits per heavy atom. The maximum absolute atomic E-state index is 13.8. The lowest BCUT2D eigenvalue weighted by Gasteiger charge is -2.22. The summed E-state index contributed by atoms with van der Waals surface area (Å²) in [5.74, 6) is 1.34. The van der Waals surface area contributed by atoms with E-state index in [-0.39, 0.29) is 17.9 Å². The number of hydrogen-bond acceptors (Lipinski definition) is 4. The lowest BCUT2D eigenvalue weighted by atomic mass is 10.1. The second-order valence-electron chi connectivity index (χ2n) is 9.04. The van der Waals surface area contributed by atoms with E-state index in [1.165, 1.54) is 6.92 Å². The fourth-order valence-corrected chi connectivity index (χ4v) is 4.73. The topological polar surface area (TPSA) is 76.5 Å². The number of benzene rings is 3. The van der Waals surface area contributed by atoms with E-state index in [1.807, 2.05) is 49.4 Å². The molecule has 7 nitrogen and oxygen atoms in total. The Kier molecular flexibility index (Phi) is 5.99.